The molecule has 16 heteroatoms. The lowest BCUT2D eigenvalue weighted by molar-refractivity contribution is -0.124. The summed E-state index contributed by atoms with van der Waals surface area (Å²) in [5.41, 5.74) is 4.40. The van der Waals surface area contributed by atoms with E-state index < -0.39 is 48.1 Å². The molecule has 1 unspecified atom stereocenters. The molecule has 14 nitrogen and oxygen atoms in total. The lowest BCUT2D eigenvalue weighted by atomic mass is 9.95. The molecule has 2 aromatic carbocycles. The van der Waals surface area contributed by atoms with Crippen molar-refractivity contribution in [3.8, 4) is 0 Å². The number of nitrogens with zero attached hydrogens (tertiary/aromatic N) is 3. The summed E-state index contributed by atoms with van der Waals surface area (Å²) in [5, 5.41) is 16.5. The second-order valence-electron chi connectivity index (χ2n) is 13.5. The van der Waals surface area contributed by atoms with Crippen molar-refractivity contribution in [2.24, 2.45) is 0 Å². The Labute approximate surface area is 322 Å². The molecule has 286 valence electrons. The number of alkyl carbamates (subject to hydrolysis) is 1. The second kappa shape index (κ2) is 19.6. The number of nitrogens with one attached hydrogen (secondary N) is 5. The highest BCUT2D eigenvalue weighted by molar-refractivity contribution is 7.09. The highest BCUT2D eigenvalue weighted by Crippen LogP contribution is 2.20. The van der Waals surface area contributed by atoms with Crippen LogP contribution >= 0.6 is 22.7 Å². The minimum absolute atomic E-state index is 0.103. The summed E-state index contributed by atoms with van der Waals surface area (Å²) >= 11 is 2.92. The third-order valence-corrected chi connectivity index (χ3v) is 10.7. The first-order valence-electron chi connectivity index (χ1n) is 17.8. The van der Waals surface area contributed by atoms with Crippen molar-refractivity contribution in [3.63, 3.8) is 0 Å². The Hall–Kier alpha value is -5.35. The molecule has 0 aliphatic carbocycles. The van der Waals surface area contributed by atoms with Crippen LogP contribution in [0.1, 0.15) is 65.7 Å². The lowest BCUT2D eigenvalue weighted by Gasteiger charge is -2.28. The Morgan fingerprint density at radius 1 is 0.907 bits per heavy atom. The molecule has 1 aliphatic heterocycles. The molecule has 1 aliphatic rings. The number of carbonyl (C=O) groups is 5. The zero-order valence-corrected chi connectivity index (χ0v) is 32.1. The fraction of sp³-hybridized carbons (Fsp3) is 0.395. The van der Waals surface area contributed by atoms with Crippen LogP contribution in [-0.4, -0.2) is 76.1 Å². The predicted molar refractivity (Wildman–Crippen MR) is 206 cm³/mol. The number of thiazole rings is 2. The van der Waals surface area contributed by atoms with E-state index >= 15 is 0 Å². The van der Waals surface area contributed by atoms with Crippen molar-refractivity contribution in [1.29, 1.82) is 0 Å². The minimum atomic E-state index is -1.17. The average molecular weight is 775 g/mol. The van der Waals surface area contributed by atoms with Gasteiger partial charge in [-0.1, -0.05) is 74.5 Å². The fourth-order valence-electron chi connectivity index (χ4n) is 5.94. The molecular weight excluding hydrogens is 729 g/mol. The van der Waals surface area contributed by atoms with E-state index in [0.29, 0.717) is 25.7 Å². The van der Waals surface area contributed by atoms with Gasteiger partial charge in [-0.3, -0.25) is 19.9 Å². The van der Waals surface area contributed by atoms with Crippen LogP contribution in [0.15, 0.2) is 77.8 Å². The van der Waals surface area contributed by atoms with Gasteiger partial charge in [0, 0.05) is 43.0 Å². The summed E-state index contributed by atoms with van der Waals surface area (Å²) in [6.07, 6.45) is 2.85. The van der Waals surface area contributed by atoms with Gasteiger partial charge >= 0.3 is 18.2 Å². The van der Waals surface area contributed by atoms with Crippen LogP contribution in [-0.2, 0) is 40.3 Å². The zero-order valence-electron chi connectivity index (χ0n) is 30.4. The highest BCUT2D eigenvalue weighted by atomic mass is 32.1. The monoisotopic (exact) mass is 774 g/mol. The van der Waals surface area contributed by atoms with Gasteiger partial charge in [-0.2, -0.15) is 0 Å². The van der Waals surface area contributed by atoms with Crippen LogP contribution in [0, 0.1) is 0 Å². The smallest absolute Gasteiger partial charge is 0.407 e. The Morgan fingerprint density at radius 3 is 2.11 bits per heavy atom. The Morgan fingerprint density at radius 2 is 1.56 bits per heavy atom. The van der Waals surface area contributed by atoms with E-state index in [9.17, 15) is 24.0 Å². The minimum Gasteiger partial charge on any atom is -0.444 e. The summed E-state index contributed by atoms with van der Waals surface area (Å²) < 4.78 is 5.48. The largest absolute Gasteiger partial charge is 0.444 e. The van der Waals surface area contributed by atoms with Crippen LogP contribution in [0.2, 0.25) is 0 Å². The van der Waals surface area contributed by atoms with E-state index in [2.05, 4.69) is 36.6 Å². The third kappa shape index (κ3) is 12.4. The maximum atomic E-state index is 14.1. The molecule has 1 saturated heterocycles. The first kappa shape index (κ1) is 39.8. The SMILES string of the molecule is CC(C)c1nc(CN(C)C(=O)N[C@@H](CC2NC(=O)NC2=O)C(=O)N[C@H](CC[C@H](Cc2ccccc2)NC(=O)OCc2cncs2)Cc2ccccc2)cs1. The van der Waals surface area contributed by atoms with Gasteiger partial charge in [0.2, 0.25) is 5.91 Å². The molecule has 1 fully saturated rings. The number of hydrogen-bond acceptors (Lipinski definition) is 10. The van der Waals surface area contributed by atoms with Crippen LogP contribution in [0.25, 0.3) is 0 Å². The first-order chi connectivity index (χ1) is 26.0. The number of imide groups is 1. The van der Waals surface area contributed by atoms with Crippen LogP contribution in [0.4, 0.5) is 14.4 Å². The van der Waals surface area contributed by atoms with Crippen molar-refractivity contribution < 1.29 is 28.7 Å². The van der Waals surface area contributed by atoms with Crippen molar-refractivity contribution in [1.82, 2.24) is 41.5 Å². The predicted octanol–water partition coefficient (Wildman–Crippen LogP) is 4.88. The summed E-state index contributed by atoms with van der Waals surface area (Å²) in [5.74, 6) is -0.846. The number of rotatable bonds is 18. The standard InChI is InChI=1S/C38H46N8O6S2/c1-24(2)35-41-29(22-53-35)20-46(3)37(50)44-32(18-31-34(48)45-36(49)43-31)33(47)40-27(16-25-10-6-4-7-11-25)14-15-28(17-26-12-8-5-9-13-26)42-38(51)52-21-30-19-39-23-54-30/h4-13,19,22-24,27-28,31-32H,14-18,20-21H2,1-3H3,(H,40,47)(H,42,51)(H,44,50)(H2,43,45,48,49)/t27-,28-,31?,32+/m1/s1. The molecule has 3 heterocycles. The summed E-state index contributed by atoms with van der Waals surface area (Å²) in [7, 11) is 1.60. The molecule has 0 radical (unpaired) electrons. The van der Waals surface area contributed by atoms with Crippen molar-refractivity contribution in [3.05, 3.63) is 104 Å². The molecular formula is C38H46N8O6S2. The van der Waals surface area contributed by atoms with Gasteiger partial charge in [-0.15, -0.1) is 22.7 Å². The number of ether oxygens (including phenoxy) is 1. The number of benzene rings is 2. The van der Waals surface area contributed by atoms with Gasteiger partial charge in [-0.25, -0.2) is 19.4 Å². The summed E-state index contributed by atoms with van der Waals surface area (Å²) in [4.78, 5) is 75.9. The lowest BCUT2D eigenvalue weighted by Crippen LogP contribution is -2.55. The van der Waals surface area contributed by atoms with Crippen LogP contribution in [0.3, 0.4) is 0 Å². The number of carbonyl (C=O) groups excluding carboxylic acids is 5. The fourth-order valence-corrected chi connectivity index (χ4v) is 7.27. The third-order valence-electron chi connectivity index (χ3n) is 8.76. The Kier molecular flexibility index (Phi) is 14.5. The number of amides is 7. The number of hydrogen-bond donors (Lipinski definition) is 5. The average Bonchev–Trinajstić information content (AvgIpc) is 3.92. The van der Waals surface area contributed by atoms with E-state index in [-0.39, 0.29) is 31.5 Å². The molecule has 2 aromatic heterocycles. The van der Waals surface area contributed by atoms with Crippen molar-refractivity contribution in [2.45, 2.75) is 89.2 Å². The number of urea groups is 2. The topological polar surface area (TPSA) is 184 Å². The van der Waals surface area contributed by atoms with E-state index in [1.54, 1.807) is 18.8 Å². The Balaban J connectivity index is 1.30. The Bertz CT molecular complexity index is 1840. The maximum Gasteiger partial charge on any atom is 0.407 e. The second-order valence-corrected chi connectivity index (χ2v) is 15.3. The molecule has 4 atom stereocenters. The van der Waals surface area contributed by atoms with Crippen molar-refractivity contribution >= 4 is 52.6 Å². The van der Waals surface area contributed by atoms with Gasteiger partial charge in [0.05, 0.1) is 27.6 Å². The maximum absolute atomic E-state index is 14.1. The van der Waals surface area contributed by atoms with E-state index in [4.69, 9.17) is 4.74 Å². The molecule has 0 saturated carbocycles. The normalized spacial score (nSPS) is 15.4. The number of aromatic nitrogens is 2. The first-order valence-corrected chi connectivity index (χ1v) is 19.5. The summed E-state index contributed by atoms with van der Waals surface area (Å²) in [6, 6.07) is 15.3. The quantitative estimate of drug-likeness (QED) is 0.0887. The van der Waals surface area contributed by atoms with E-state index in [0.717, 1.165) is 26.7 Å². The van der Waals surface area contributed by atoms with E-state index in [1.807, 2.05) is 79.9 Å². The molecule has 7 amide bonds. The van der Waals surface area contributed by atoms with Gasteiger partial charge in [0.25, 0.3) is 5.91 Å². The van der Waals surface area contributed by atoms with Crippen molar-refractivity contribution in [2.75, 3.05) is 7.05 Å². The molecule has 5 rings (SSSR count). The molecule has 0 spiro atoms. The van der Waals surface area contributed by atoms with Gasteiger partial charge in [0.1, 0.15) is 18.7 Å². The van der Waals surface area contributed by atoms with Gasteiger partial charge in [-0.05, 0) is 36.8 Å². The molecule has 54 heavy (non-hydrogen) atoms. The van der Waals surface area contributed by atoms with Crippen LogP contribution < -0.4 is 26.6 Å². The molecule has 4 aromatic rings. The van der Waals surface area contributed by atoms with Gasteiger partial charge < -0.3 is 30.9 Å². The molecule has 0 bridgehead atoms. The van der Waals surface area contributed by atoms with E-state index in [1.165, 1.54) is 27.6 Å². The molecule has 5 N–H and O–H groups in total. The zero-order chi connectivity index (χ0) is 38.5. The van der Waals surface area contributed by atoms with Gasteiger partial charge in [0.15, 0.2) is 0 Å². The van der Waals surface area contributed by atoms with Crippen LogP contribution in [0.5, 0.6) is 0 Å². The highest BCUT2D eigenvalue weighted by Gasteiger charge is 2.36. The summed E-state index contributed by atoms with van der Waals surface area (Å²) in [6.45, 7) is 4.41.